The maximum atomic E-state index is 14.7. The number of hydrogen-bond acceptors (Lipinski definition) is 5. The largest absolute Gasteiger partial charge is 0.497 e. The molecule has 0 heterocycles. The van der Waals surface area contributed by atoms with Gasteiger partial charge in [-0.25, -0.2) is 8.42 Å². The molecule has 0 unspecified atom stereocenters. The van der Waals surface area contributed by atoms with E-state index in [0.717, 1.165) is 53.1 Å². The van der Waals surface area contributed by atoms with Gasteiger partial charge in [-0.2, -0.15) is 0 Å². The summed E-state index contributed by atoms with van der Waals surface area (Å²) in [4.78, 5) is 30.4. The van der Waals surface area contributed by atoms with E-state index >= 15 is 0 Å². The molecule has 252 valence electrons. The first kappa shape index (κ1) is 35.0. The molecular formula is C38H42ClN3O5S. The van der Waals surface area contributed by atoms with Gasteiger partial charge in [0.25, 0.3) is 10.0 Å². The van der Waals surface area contributed by atoms with Crippen molar-refractivity contribution < 1.29 is 22.7 Å². The van der Waals surface area contributed by atoms with Crippen LogP contribution in [0.15, 0.2) is 108 Å². The van der Waals surface area contributed by atoms with Gasteiger partial charge in [0, 0.05) is 24.0 Å². The highest BCUT2D eigenvalue weighted by atomic mass is 35.5. The number of carbonyl (C=O) groups is 2. The van der Waals surface area contributed by atoms with E-state index < -0.39 is 28.5 Å². The van der Waals surface area contributed by atoms with E-state index in [0.29, 0.717) is 16.5 Å². The molecule has 2 amide bonds. The number of aryl methyl sites for hydroxylation is 1. The van der Waals surface area contributed by atoms with Crippen molar-refractivity contribution in [1.82, 2.24) is 10.2 Å². The lowest BCUT2D eigenvalue weighted by atomic mass is 9.94. The highest BCUT2D eigenvalue weighted by Gasteiger charge is 2.35. The van der Waals surface area contributed by atoms with Crippen LogP contribution < -0.4 is 14.4 Å². The molecule has 0 aliphatic heterocycles. The lowest BCUT2D eigenvalue weighted by Crippen LogP contribution is -2.55. The van der Waals surface area contributed by atoms with Crippen LogP contribution in [0, 0.1) is 6.92 Å². The first-order valence-corrected chi connectivity index (χ1v) is 18.1. The van der Waals surface area contributed by atoms with Crippen LogP contribution >= 0.6 is 11.6 Å². The van der Waals surface area contributed by atoms with Crippen molar-refractivity contribution in [2.24, 2.45) is 0 Å². The molecular weight excluding hydrogens is 646 g/mol. The molecule has 1 aliphatic carbocycles. The van der Waals surface area contributed by atoms with Crippen LogP contribution in [0.1, 0.15) is 48.8 Å². The molecule has 8 nitrogen and oxygen atoms in total. The SMILES string of the molecule is COc1ccc(N(CC(=O)N(Cc2cccc(Cl)c2)[C@H](Cc2ccccc2)C(=O)NC2CCCCC2)S(=O)(=O)c2ccc(C)cc2)cc1. The van der Waals surface area contributed by atoms with Gasteiger partial charge in [-0.15, -0.1) is 0 Å². The summed E-state index contributed by atoms with van der Waals surface area (Å²) in [5.41, 5.74) is 2.79. The van der Waals surface area contributed by atoms with Crippen LogP contribution in [0.25, 0.3) is 0 Å². The van der Waals surface area contributed by atoms with Crippen molar-refractivity contribution in [3.63, 3.8) is 0 Å². The minimum atomic E-state index is -4.20. The van der Waals surface area contributed by atoms with Gasteiger partial charge in [0.15, 0.2) is 0 Å². The Balaban J connectivity index is 1.56. The number of sulfonamides is 1. The highest BCUT2D eigenvalue weighted by molar-refractivity contribution is 7.92. The predicted octanol–water partition coefficient (Wildman–Crippen LogP) is 6.94. The number of methoxy groups -OCH3 is 1. The zero-order valence-corrected chi connectivity index (χ0v) is 28.9. The molecule has 1 saturated carbocycles. The number of hydrogen-bond donors (Lipinski definition) is 1. The molecule has 0 saturated heterocycles. The maximum absolute atomic E-state index is 14.7. The Morgan fingerprint density at radius 2 is 1.54 bits per heavy atom. The third kappa shape index (κ3) is 8.96. The summed E-state index contributed by atoms with van der Waals surface area (Å²) in [7, 11) is -2.68. The molecule has 5 rings (SSSR count). The standard InChI is InChI=1S/C38H42ClN3O5S/c1-28-16-22-35(23-17-28)48(45,46)42(33-18-20-34(47-2)21-19-33)27-37(43)41(26-30-12-9-13-31(39)24-30)36(25-29-10-5-3-6-11-29)38(44)40-32-14-7-4-8-15-32/h3,5-6,9-13,16-24,32,36H,4,7-8,14-15,25-27H2,1-2H3,(H,40,44)/t36-/m1/s1. The third-order valence-electron chi connectivity index (χ3n) is 8.71. The maximum Gasteiger partial charge on any atom is 0.264 e. The highest BCUT2D eigenvalue weighted by Crippen LogP contribution is 2.28. The molecule has 1 fully saturated rings. The van der Waals surface area contributed by atoms with Gasteiger partial charge in [0.2, 0.25) is 11.8 Å². The Morgan fingerprint density at radius 3 is 2.19 bits per heavy atom. The number of ether oxygens (including phenoxy) is 1. The normalized spacial score (nSPS) is 14.1. The molecule has 0 aromatic heterocycles. The Morgan fingerprint density at radius 1 is 0.875 bits per heavy atom. The topological polar surface area (TPSA) is 96.0 Å². The van der Waals surface area contributed by atoms with Crippen molar-refractivity contribution >= 4 is 39.1 Å². The number of benzene rings is 4. The van der Waals surface area contributed by atoms with Gasteiger partial charge in [0.1, 0.15) is 18.3 Å². The zero-order valence-electron chi connectivity index (χ0n) is 27.3. The fourth-order valence-electron chi connectivity index (χ4n) is 6.04. The molecule has 10 heteroatoms. The van der Waals surface area contributed by atoms with E-state index in [-0.39, 0.29) is 29.8 Å². The molecule has 0 bridgehead atoms. The van der Waals surface area contributed by atoms with Gasteiger partial charge < -0.3 is 15.0 Å². The zero-order chi connectivity index (χ0) is 34.1. The molecule has 4 aromatic carbocycles. The molecule has 1 N–H and O–H groups in total. The van der Waals surface area contributed by atoms with E-state index in [2.05, 4.69) is 5.32 Å². The van der Waals surface area contributed by atoms with Gasteiger partial charge >= 0.3 is 0 Å². The van der Waals surface area contributed by atoms with Gasteiger partial charge in [-0.1, -0.05) is 91.0 Å². The smallest absolute Gasteiger partial charge is 0.264 e. The average Bonchev–Trinajstić information content (AvgIpc) is 3.09. The van der Waals surface area contributed by atoms with Crippen LogP contribution in [0.5, 0.6) is 5.75 Å². The lowest BCUT2D eigenvalue weighted by Gasteiger charge is -2.35. The van der Waals surface area contributed by atoms with Crippen LogP contribution in [-0.2, 0) is 32.6 Å². The lowest BCUT2D eigenvalue weighted by molar-refractivity contribution is -0.140. The number of amides is 2. The summed E-state index contributed by atoms with van der Waals surface area (Å²) < 4.78 is 34.9. The number of halogens is 1. The molecule has 0 radical (unpaired) electrons. The number of nitrogens with one attached hydrogen (secondary N) is 1. The van der Waals surface area contributed by atoms with Crippen LogP contribution in [-0.4, -0.2) is 50.9 Å². The minimum absolute atomic E-state index is 0.0188. The predicted molar refractivity (Wildman–Crippen MR) is 190 cm³/mol. The van der Waals surface area contributed by atoms with E-state index in [4.69, 9.17) is 16.3 Å². The van der Waals surface area contributed by atoms with Gasteiger partial charge in [-0.3, -0.25) is 13.9 Å². The van der Waals surface area contributed by atoms with E-state index in [9.17, 15) is 18.0 Å². The summed E-state index contributed by atoms with van der Waals surface area (Å²) in [5, 5.41) is 3.72. The fourth-order valence-corrected chi connectivity index (χ4v) is 7.67. The van der Waals surface area contributed by atoms with Gasteiger partial charge in [-0.05, 0) is 79.4 Å². The van der Waals surface area contributed by atoms with Crippen molar-refractivity contribution in [2.75, 3.05) is 18.0 Å². The number of rotatable bonds is 13. The van der Waals surface area contributed by atoms with Crippen LogP contribution in [0.4, 0.5) is 5.69 Å². The second-order valence-electron chi connectivity index (χ2n) is 12.2. The molecule has 48 heavy (non-hydrogen) atoms. The van der Waals surface area contributed by atoms with E-state index in [1.165, 1.54) is 24.1 Å². The Kier molecular flexibility index (Phi) is 11.8. The van der Waals surface area contributed by atoms with Crippen molar-refractivity contribution in [1.29, 1.82) is 0 Å². The minimum Gasteiger partial charge on any atom is -0.497 e. The van der Waals surface area contributed by atoms with Crippen molar-refractivity contribution in [3.05, 3.63) is 125 Å². The summed E-state index contributed by atoms with van der Waals surface area (Å²) in [5.74, 6) is -0.248. The first-order chi connectivity index (χ1) is 23.1. The Bertz CT molecular complexity index is 1780. The van der Waals surface area contributed by atoms with Crippen LogP contribution in [0.3, 0.4) is 0 Å². The molecule has 1 aliphatic rings. The molecule has 0 spiro atoms. The quantitative estimate of drug-likeness (QED) is 0.164. The number of nitrogens with zero attached hydrogens (tertiary/aromatic N) is 2. The number of carbonyl (C=O) groups excluding carboxylic acids is 2. The fraction of sp³-hybridized carbons (Fsp3) is 0.316. The third-order valence-corrected chi connectivity index (χ3v) is 10.7. The Hall–Kier alpha value is -4.34. The second kappa shape index (κ2) is 16.2. The van der Waals surface area contributed by atoms with Crippen molar-refractivity contribution in [3.8, 4) is 5.75 Å². The van der Waals surface area contributed by atoms with Crippen molar-refractivity contribution in [2.45, 2.75) is 69.0 Å². The first-order valence-electron chi connectivity index (χ1n) is 16.3. The van der Waals surface area contributed by atoms with E-state index in [1.807, 2.05) is 43.3 Å². The Labute approximate surface area is 288 Å². The summed E-state index contributed by atoms with van der Waals surface area (Å²) >= 11 is 6.36. The average molecular weight is 688 g/mol. The van der Waals surface area contributed by atoms with Crippen LogP contribution in [0.2, 0.25) is 5.02 Å². The summed E-state index contributed by atoms with van der Waals surface area (Å²) in [6, 6.07) is 28.8. The monoisotopic (exact) mass is 687 g/mol. The molecule has 4 aromatic rings. The second-order valence-corrected chi connectivity index (χ2v) is 14.5. The summed E-state index contributed by atoms with van der Waals surface area (Å²) in [6.07, 6.45) is 5.22. The number of anilines is 1. The molecule has 1 atom stereocenters. The van der Waals surface area contributed by atoms with E-state index in [1.54, 1.807) is 54.6 Å². The summed E-state index contributed by atoms with van der Waals surface area (Å²) in [6.45, 7) is 1.39. The van der Waals surface area contributed by atoms with Gasteiger partial charge in [0.05, 0.1) is 17.7 Å².